The van der Waals surface area contributed by atoms with Gasteiger partial charge in [0.15, 0.2) is 6.29 Å². The van der Waals surface area contributed by atoms with E-state index in [0.29, 0.717) is 6.04 Å². The molecule has 0 radical (unpaired) electrons. The Labute approximate surface area is 102 Å². The topological polar surface area (TPSA) is 22.0 Å². The Hall–Kier alpha value is -0.840. The van der Waals surface area contributed by atoms with Crippen LogP contribution in [-0.4, -0.2) is 10.9 Å². The molecule has 0 spiro atoms. The standard InChI is InChI=1S/C12H12INO/c1-8(2)14-6-10(13)12-9(7-15)4-3-5-11(12)14/h3-8H,1-2H3. The first-order valence-electron chi connectivity index (χ1n) is 4.89. The number of benzene rings is 1. The minimum atomic E-state index is 0.415. The summed E-state index contributed by atoms with van der Waals surface area (Å²) in [6.45, 7) is 4.28. The number of aldehydes is 1. The predicted octanol–water partition coefficient (Wildman–Crippen LogP) is 3.64. The highest BCUT2D eigenvalue weighted by atomic mass is 127. The number of aromatic nitrogens is 1. The first kappa shape index (κ1) is 10.7. The maximum absolute atomic E-state index is 10.9. The zero-order valence-electron chi connectivity index (χ0n) is 8.70. The van der Waals surface area contributed by atoms with E-state index in [2.05, 4.69) is 53.3 Å². The molecule has 0 atom stereocenters. The fourth-order valence-electron chi connectivity index (χ4n) is 1.81. The molecular formula is C12H12INO. The second-order valence-electron chi connectivity index (χ2n) is 3.84. The first-order valence-corrected chi connectivity index (χ1v) is 5.97. The van der Waals surface area contributed by atoms with Crippen LogP contribution in [-0.2, 0) is 0 Å². The molecule has 0 fully saturated rings. The van der Waals surface area contributed by atoms with Gasteiger partial charge in [0, 0.05) is 26.8 Å². The van der Waals surface area contributed by atoms with E-state index in [1.165, 1.54) is 0 Å². The molecule has 0 aliphatic heterocycles. The molecule has 1 heterocycles. The molecule has 0 aliphatic rings. The van der Waals surface area contributed by atoms with Gasteiger partial charge in [-0.25, -0.2) is 0 Å². The monoisotopic (exact) mass is 313 g/mol. The van der Waals surface area contributed by atoms with Crippen molar-refractivity contribution in [2.75, 3.05) is 0 Å². The predicted molar refractivity (Wildman–Crippen MR) is 70.4 cm³/mol. The third-order valence-corrected chi connectivity index (χ3v) is 3.35. The van der Waals surface area contributed by atoms with Crippen molar-refractivity contribution in [3.05, 3.63) is 33.5 Å². The summed E-state index contributed by atoms with van der Waals surface area (Å²) < 4.78 is 3.34. The van der Waals surface area contributed by atoms with Crippen LogP contribution >= 0.6 is 22.6 Å². The largest absolute Gasteiger partial charge is 0.344 e. The molecule has 2 rings (SSSR count). The van der Waals surface area contributed by atoms with Gasteiger partial charge in [0.25, 0.3) is 0 Å². The van der Waals surface area contributed by atoms with Crippen LogP contribution in [0.3, 0.4) is 0 Å². The smallest absolute Gasteiger partial charge is 0.150 e. The quantitative estimate of drug-likeness (QED) is 0.613. The van der Waals surface area contributed by atoms with E-state index in [0.717, 1.165) is 26.3 Å². The zero-order chi connectivity index (χ0) is 11.0. The second-order valence-corrected chi connectivity index (χ2v) is 5.00. The van der Waals surface area contributed by atoms with E-state index < -0.39 is 0 Å². The van der Waals surface area contributed by atoms with Gasteiger partial charge in [-0.15, -0.1) is 0 Å². The van der Waals surface area contributed by atoms with Crippen LogP contribution in [0.5, 0.6) is 0 Å². The maximum atomic E-state index is 10.9. The summed E-state index contributed by atoms with van der Waals surface area (Å²) in [6, 6.07) is 6.27. The number of carbonyl (C=O) groups excluding carboxylic acids is 1. The van der Waals surface area contributed by atoms with Crippen molar-refractivity contribution in [1.82, 2.24) is 4.57 Å². The Bertz CT molecular complexity index is 514. The summed E-state index contributed by atoms with van der Waals surface area (Å²) in [5, 5.41) is 1.07. The first-order chi connectivity index (χ1) is 7.15. The van der Waals surface area contributed by atoms with Crippen LogP contribution in [0.15, 0.2) is 24.4 Å². The second kappa shape index (κ2) is 3.96. The average molecular weight is 313 g/mol. The molecular weight excluding hydrogens is 301 g/mol. The molecule has 78 valence electrons. The number of hydrogen-bond acceptors (Lipinski definition) is 1. The molecule has 0 aliphatic carbocycles. The summed E-state index contributed by atoms with van der Waals surface area (Å²) in [4.78, 5) is 10.9. The van der Waals surface area contributed by atoms with Gasteiger partial charge in [-0.3, -0.25) is 4.79 Å². The molecule has 1 aromatic heterocycles. The zero-order valence-corrected chi connectivity index (χ0v) is 10.9. The van der Waals surface area contributed by atoms with Gasteiger partial charge >= 0.3 is 0 Å². The summed E-state index contributed by atoms with van der Waals surface area (Å²) in [5.74, 6) is 0. The van der Waals surface area contributed by atoms with E-state index >= 15 is 0 Å². The third-order valence-electron chi connectivity index (χ3n) is 2.53. The minimum Gasteiger partial charge on any atom is -0.344 e. The molecule has 15 heavy (non-hydrogen) atoms. The lowest BCUT2D eigenvalue weighted by molar-refractivity contribution is 0.112. The molecule has 0 unspecified atom stereocenters. The van der Waals surface area contributed by atoms with Gasteiger partial charge in [0.05, 0.1) is 5.52 Å². The van der Waals surface area contributed by atoms with Crippen LogP contribution < -0.4 is 0 Å². The Morgan fingerprint density at radius 3 is 2.73 bits per heavy atom. The van der Waals surface area contributed by atoms with Gasteiger partial charge < -0.3 is 4.57 Å². The average Bonchev–Trinajstić information content (AvgIpc) is 2.56. The lowest BCUT2D eigenvalue weighted by atomic mass is 10.1. The fraction of sp³-hybridized carbons (Fsp3) is 0.250. The Balaban J connectivity index is 2.85. The van der Waals surface area contributed by atoms with Crippen LogP contribution in [0.1, 0.15) is 30.2 Å². The van der Waals surface area contributed by atoms with Crippen molar-refractivity contribution in [2.24, 2.45) is 0 Å². The minimum absolute atomic E-state index is 0.415. The van der Waals surface area contributed by atoms with E-state index in [1.807, 2.05) is 12.1 Å². The number of fused-ring (bicyclic) bond motifs is 1. The molecule has 0 amide bonds. The number of halogens is 1. The normalized spacial score (nSPS) is 11.2. The highest BCUT2D eigenvalue weighted by Crippen LogP contribution is 2.28. The van der Waals surface area contributed by atoms with E-state index in [-0.39, 0.29) is 0 Å². The molecule has 0 bridgehead atoms. The van der Waals surface area contributed by atoms with Gasteiger partial charge in [-0.05, 0) is 42.5 Å². The Kier molecular flexibility index (Phi) is 2.82. The summed E-state index contributed by atoms with van der Waals surface area (Å²) >= 11 is 2.28. The number of hydrogen-bond donors (Lipinski definition) is 0. The molecule has 1 aromatic carbocycles. The molecule has 3 heteroatoms. The molecule has 0 saturated carbocycles. The summed E-state index contributed by atoms with van der Waals surface area (Å²) in [5.41, 5.74) is 1.91. The molecule has 0 saturated heterocycles. The van der Waals surface area contributed by atoms with Crippen LogP contribution in [0, 0.1) is 3.57 Å². The van der Waals surface area contributed by atoms with Crippen molar-refractivity contribution in [3.8, 4) is 0 Å². The Morgan fingerprint density at radius 1 is 1.40 bits per heavy atom. The Morgan fingerprint density at radius 2 is 2.13 bits per heavy atom. The lowest BCUT2D eigenvalue weighted by Gasteiger charge is -2.08. The van der Waals surface area contributed by atoms with E-state index in [4.69, 9.17) is 0 Å². The number of rotatable bonds is 2. The number of carbonyl (C=O) groups is 1. The van der Waals surface area contributed by atoms with Crippen LogP contribution in [0.25, 0.3) is 10.9 Å². The van der Waals surface area contributed by atoms with Crippen LogP contribution in [0.4, 0.5) is 0 Å². The summed E-state index contributed by atoms with van der Waals surface area (Å²) in [7, 11) is 0. The van der Waals surface area contributed by atoms with Gasteiger partial charge in [0.1, 0.15) is 0 Å². The van der Waals surface area contributed by atoms with E-state index in [9.17, 15) is 4.79 Å². The van der Waals surface area contributed by atoms with E-state index in [1.54, 1.807) is 0 Å². The van der Waals surface area contributed by atoms with Crippen molar-refractivity contribution in [2.45, 2.75) is 19.9 Å². The van der Waals surface area contributed by atoms with Gasteiger partial charge in [-0.1, -0.05) is 12.1 Å². The molecule has 2 aromatic rings. The lowest BCUT2D eigenvalue weighted by Crippen LogP contribution is -1.97. The summed E-state index contributed by atoms with van der Waals surface area (Å²) in [6.07, 6.45) is 3.03. The molecule has 2 nitrogen and oxygen atoms in total. The van der Waals surface area contributed by atoms with Crippen molar-refractivity contribution < 1.29 is 4.79 Å². The van der Waals surface area contributed by atoms with Gasteiger partial charge in [0.2, 0.25) is 0 Å². The molecule has 0 N–H and O–H groups in total. The van der Waals surface area contributed by atoms with Gasteiger partial charge in [-0.2, -0.15) is 0 Å². The van der Waals surface area contributed by atoms with Crippen molar-refractivity contribution in [3.63, 3.8) is 0 Å². The third kappa shape index (κ3) is 1.69. The van der Waals surface area contributed by atoms with Crippen LogP contribution in [0.2, 0.25) is 0 Å². The fourth-order valence-corrected chi connectivity index (χ4v) is 2.70. The maximum Gasteiger partial charge on any atom is 0.150 e. The SMILES string of the molecule is CC(C)n1cc(I)c2c(C=O)cccc21. The number of nitrogens with zero attached hydrogens (tertiary/aromatic N) is 1. The highest BCUT2D eigenvalue weighted by Gasteiger charge is 2.11. The highest BCUT2D eigenvalue weighted by molar-refractivity contribution is 14.1. The van der Waals surface area contributed by atoms with Crippen molar-refractivity contribution in [1.29, 1.82) is 0 Å². The van der Waals surface area contributed by atoms with Crippen molar-refractivity contribution >= 4 is 39.8 Å².